The van der Waals surface area contributed by atoms with Crippen molar-refractivity contribution in [3.05, 3.63) is 11.6 Å². The third kappa shape index (κ3) is 3.17. The monoisotopic (exact) mass is 458 g/mol. The second kappa shape index (κ2) is 7.56. The summed E-state index contributed by atoms with van der Waals surface area (Å²) in [6, 6.07) is 0. The smallest absolute Gasteiger partial charge is 0.0618 e. The molecule has 10 atom stereocenters. The van der Waals surface area contributed by atoms with Gasteiger partial charge in [-0.1, -0.05) is 53.2 Å². The van der Waals surface area contributed by atoms with E-state index in [4.69, 9.17) is 0 Å². The minimum absolute atomic E-state index is 0.0164. The number of aliphatic hydroxyl groups excluding tert-OH is 3. The molecule has 5 aliphatic carbocycles. The second-order valence-corrected chi connectivity index (χ2v) is 14.8. The fourth-order valence-corrected chi connectivity index (χ4v) is 11.0. The predicted octanol–water partition coefficient (Wildman–Crippen LogP) is 6.11. The van der Waals surface area contributed by atoms with E-state index in [2.05, 4.69) is 47.6 Å². The largest absolute Gasteiger partial charge is 0.396 e. The maximum absolute atomic E-state index is 10.9. The predicted molar refractivity (Wildman–Crippen MR) is 134 cm³/mol. The van der Waals surface area contributed by atoms with Crippen molar-refractivity contribution < 1.29 is 15.3 Å². The Balaban J connectivity index is 1.50. The Morgan fingerprint density at radius 2 is 1.42 bits per heavy atom. The summed E-state index contributed by atoms with van der Waals surface area (Å²) in [7, 11) is 0. The fraction of sp³-hybridized carbons (Fsp3) is 0.933. The SMILES string of the molecule is CC1(C)[C@H](O)CC[C@]2(C)[C@H]3CC[C@H]4[C@@](C)(CC[C@H]5[C@]4(C)CC[C@@H](O)[C@]5(C)CO)CC3=CC[C@@H]12. The van der Waals surface area contributed by atoms with Crippen LogP contribution in [0.3, 0.4) is 0 Å². The lowest BCUT2D eigenvalue weighted by Gasteiger charge is -2.64. The summed E-state index contributed by atoms with van der Waals surface area (Å²) in [6.07, 6.45) is 13.3. The van der Waals surface area contributed by atoms with Gasteiger partial charge in [0.05, 0.1) is 18.8 Å². The summed E-state index contributed by atoms with van der Waals surface area (Å²) in [5, 5.41) is 32.2. The van der Waals surface area contributed by atoms with Gasteiger partial charge in [-0.15, -0.1) is 0 Å². The number of allylic oxidation sites excluding steroid dienone is 2. The Morgan fingerprint density at radius 1 is 0.758 bits per heavy atom. The maximum Gasteiger partial charge on any atom is 0.0618 e. The van der Waals surface area contributed by atoms with Crippen molar-refractivity contribution in [1.29, 1.82) is 0 Å². The molecule has 0 aromatic carbocycles. The van der Waals surface area contributed by atoms with Crippen LogP contribution in [-0.4, -0.2) is 34.1 Å². The van der Waals surface area contributed by atoms with Gasteiger partial charge >= 0.3 is 0 Å². The highest BCUT2D eigenvalue weighted by atomic mass is 16.3. The first kappa shape index (κ1) is 24.3. The molecule has 0 aromatic heterocycles. The van der Waals surface area contributed by atoms with Gasteiger partial charge in [0.15, 0.2) is 0 Å². The first-order chi connectivity index (χ1) is 15.3. The van der Waals surface area contributed by atoms with Crippen LogP contribution in [0.15, 0.2) is 11.6 Å². The van der Waals surface area contributed by atoms with Crippen molar-refractivity contribution in [3.63, 3.8) is 0 Å². The second-order valence-electron chi connectivity index (χ2n) is 14.8. The van der Waals surface area contributed by atoms with Crippen LogP contribution < -0.4 is 0 Å². The molecule has 0 aromatic rings. The van der Waals surface area contributed by atoms with Crippen LogP contribution >= 0.6 is 0 Å². The summed E-state index contributed by atoms with van der Waals surface area (Å²) in [4.78, 5) is 0. The van der Waals surface area contributed by atoms with Crippen LogP contribution in [0.4, 0.5) is 0 Å². The lowest BCUT2D eigenvalue weighted by molar-refractivity contribution is -0.189. The van der Waals surface area contributed by atoms with Gasteiger partial charge in [-0.05, 0) is 110 Å². The summed E-state index contributed by atoms with van der Waals surface area (Å²) >= 11 is 0. The molecule has 0 unspecified atom stereocenters. The Labute approximate surface area is 202 Å². The average molecular weight is 459 g/mol. The highest BCUT2D eigenvalue weighted by Gasteiger charge is 2.63. The van der Waals surface area contributed by atoms with E-state index in [1.54, 1.807) is 5.57 Å². The lowest BCUT2D eigenvalue weighted by Crippen LogP contribution is -2.60. The van der Waals surface area contributed by atoms with Gasteiger partial charge in [-0.2, -0.15) is 0 Å². The van der Waals surface area contributed by atoms with Gasteiger partial charge in [-0.3, -0.25) is 0 Å². The van der Waals surface area contributed by atoms with E-state index in [-0.39, 0.29) is 35.1 Å². The molecule has 0 spiro atoms. The van der Waals surface area contributed by atoms with E-state index in [9.17, 15) is 15.3 Å². The Morgan fingerprint density at radius 3 is 2.12 bits per heavy atom. The molecule has 3 N–H and O–H groups in total. The molecule has 0 aliphatic heterocycles. The number of aliphatic hydroxyl groups is 3. The zero-order chi connectivity index (χ0) is 24.0. The molecule has 33 heavy (non-hydrogen) atoms. The third-order valence-electron chi connectivity index (χ3n) is 13.0. The number of hydrogen-bond acceptors (Lipinski definition) is 3. The van der Waals surface area contributed by atoms with Crippen LogP contribution in [0.2, 0.25) is 0 Å². The van der Waals surface area contributed by atoms with Gasteiger partial charge in [0, 0.05) is 5.41 Å². The first-order valence-electron chi connectivity index (χ1n) is 14.0. The summed E-state index contributed by atoms with van der Waals surface area (Å²) in [6.45, 7) is 14.5. The topological polar surface area (TPSA) is 60.7 Å². The van der Waals surface area contributed by atoms with Crippen molar-refractivity contribution in [1.82, 2.24) is 0 Å². The van der Waals surface area contributed by atoms with Crippen LogP contribution in [0, 0.1) is 50.7 Å². The molecule has 0 bridgehead atoms. The van der Waals surface area contributed by atoms with Gasteiger partial charge in [-0.25, -0.2) is 0 Å². The van der Waals surface area contributed by atoms with Crippen LogP contribution in [0.25, 0.3) is 0 Å². The molecule has 3 nitrogen and oxygen atoms in total. The highest BCUT2D eigenvalue weighted by molar-refractivity contribution is 5.25. The highest BCUT2D eigenvalue weighted by Crippen LogP contribution is 2.70. The van der Waals surface area contributed by atoms with Crippen molar-refractivity contribution in [2.75, 3.05) is 6.61 Å². The molecule has 5 rings (SSSR count). The van der Waals surface area contributed by atoms with E-state index < -0.39 is 0 Å². The molecule has 0 heterocycles. The van der Waals surface area contributed by atoms with E-state index >= 15 is 0 Å². The Kier molecular flexibility index (Phi) is 5.57. The quantitative estimate of drug-likeness (QED) is 0.415. The zero-order valence-corrected chi connectivity index (χ0v) is 22.2. The fourth-order valence-electron chi connectivity index (χ4n) is 11.0. The van der Waals surface area contributed by atoms with Crippen molar-refractivity contribution >= 4 is 0 Å². The third-order valence-corrected chi connectivity index (χ3v) is 13.0. The van der Waals surface area contributed by atoms with Crippen molar-refractivity contribution in [2.45, 2.75) is 118 Å². The van der Waals surface area contributed by atoms with Gasteiger partial charge in [0.25, 0.3) is 0 Å². The van der Waals surface area contributed by atoms with Crippen LogP contribution in [0.1, 0.15) is 106 Å². The Hall–Kier alpha value is -0.380. The minimum Gasteiger partial charge on any atom is -0.396 e. The summed E-state index contributed by atoms with van der Waals surface area (Å²) in [5.74, 6) is 2.25. The van der Waals surface area contributed by atoms with E-state index in [0.29, 0.717) is 34.5 Å². The van der Waals surface area contributed by atoms with Gasteiger partial charge in [0.1, 0.15) is 0 Å². The zero-order valence-electron chi connectivity index (χ0n) is 22.2. The normalized spacial score (nSPS) is 55.8. The first-order valence-corrected chi connectivity index (χ1v) is 14.0. The van der Waals surface area contributed by atoms with Crippen LogP contribution in [-0.2, 0) is 0 Å². The Bertz CT molecular complexity index is 817. The molecular weight excluding hydrogens is 408 g/mol. The molecule has 4 saturated carbocycles. The number of rotatable bonds is 1. The van der Waals surface area contributed by atoms with E-state index in [1.807, 2.05) is 0 Å². The summed E-state index contributed by atoms with van der Waals surface area (Å²) in [5.41, 5.74) is 2.15. The molecule has 0 saturated heterocycles. The lowest BCUT2D eigenvalue weighted by atomic mass is 9.42. The van der Waals surface area contributed by atoms with Gasteiger partial charge < -0.3 is 15.3 Å². The number of hydrogen-bond donors (Lipinski definition) is 3. The standard InChI is InChI=1S/C30H50O3/c1-26(2)21-9-7-19-17-27(3)14-11-23-29(5,16-13-25(33)30(23,6)18-31)22(27)10-8-20(19)28(21,4)15-12-24(26)32/h7,20-25,31-33H,8-18H2,1-6H3/t20-,21-,22-,23-,24+,25+,27-,28+,29+,30+/m0/s1. The summed E-state index contributed by atoms with van der Waals surface area (Å²) < 4.78 is 0. The molecule has 0 amide bonds. The van der Waals surface area contributed by atoms with E-state index in [0.717, 1.165) is 38.5 Å². The van der Waals surface area contributed by atoms with Gasteiger partial charge in [0.2, 0.25) is 0 Å². The molecule has 4 fully saturated rings. The maximum atomic E-state index is 10.9. The van der Waals surface area contributed by atoms with Crippen molar-refractivity contribution in [3.8, 4) is 0 Å². The number of fused-ring (bicyclic) bond motifs is 6. The van der Waals surface area contributed by atoms with Crippen molar-refractivity contribution in [2.24, 2.45) is 50.7 Å². The minimum atomic E-state index is -0.378. The van der Waals surface area contributed by atoms with Crippen LogP contribution in [0.5, 0.6) is 0 Å². The molecule has 188 valence electrons. The molecular formula is C30H50O3. The molecule has 3 heteroatoms. The van der Waals surface area contributed by atoms with E-state index in [1.165, 1.54) is 25.7 Å². The average Bonchev–Trinajstić information content (AvgIpc) is 2.91. The molecule has 5 aliphatic rings. The molecule has 0 radical (unpaired) electrons.